The molecule has 0 atom stereocenters. The number of rotatable bonds is 5. The van der Waals surface area contributed by atoms with Gasteiger partial charge in [0.1, 0.15) is 11.6 Å². The summed E-state index contributed by atoms with van der Waals surface area (Å²) >= 11 is 0. The van der Waals surface area contributed by atoms with Crippen LogP contribution in [0.1, 0.15) is 31.2 Å². The summed E-state index contributed by atoms with van der Waals surface area (Å²) in [6, 6.07) is 3.35. The molecule has 0 saturated carbocycles. The molecule has 2 aliphatic rings. The van der Waals surface area contributed by atoms with Crippen molar-refractivity contribution in [3.8, 4) is 0 Å². The van der Waals surface area contributed by atoms with Crippen LogP contribution < -0.4 is 0 Å². The van der Waals surface area contributed by atoms with Crippen LogP contribution in [0.4, 0.5) is 8.78 Å². The summed E-state index contributed by atoms with van der Waals surface area (Å²) in [4.78, 5) is 28.0. The fourth-order valence-electron chi connectivity index (χ4n) is 3.96. The second-order valence-electron chi connectivity index (χ2n) is 7.33. The Hall–Kier alpha value is -2.02. The van der Waals surface area contributed by atoms with Gasteiger partial charge in [0, 0.05) is 51.2 Å². The fourth-order valence-corrected chi connectivity index (χ4v) is 3.96. The number of ether oxygens (including phenoxy) is 1. The molecule has 7 heteroatoms. The maximum atomic E-state index is 13.4. The van der Waals surface area contributed by atoms with E-state index in [2.05, 4.69) is 0 Å². The molecule has 26 heavy (non-hydrogen) atoms. The molecule has 1 spiro atoms. The maximum absolute atomic E-state index is 13.4. The quantitative estimate of drug-likeness (QED) is 0.804. The number of carbonyl (C=O) groups excluding carboxylic acids is 2. The lowest BCUT2D eigenvalue weighted by atomic mass is 9.77. The van der Waals surface area contributed by atoms with E-state index >= 15 is 0 Å². The van der Waals surface area contributed by atoms with Gasteiger partial charge in [-0.3, -0.25) is 9.59 Å². The Kier molecular flexibility index (Phi) is 5.55. The Morgan fingerprint density at radius 3 is 2.46 bits per heavy atom. The van der Waals surface area contributed by atoms with Crippen LogP contribution in [0.3, 0.4) is 0 Å². The molecule has 0 radical (unpaired) electrons. The van der Waals surface area contributed by atoms with Crippen molar-refractivity contribution < 1.29 is 23.1 Å². The van der Waals surface area contributed by atoms with Crippen LogP contribution in [0.2, 0.25) is 0 Å². The van der Waals surface area contributed by atoms with Crippen LogP contribution in [0, 0.1) is 17.0 Å². The molecule has 0 aliphatic carbocycles. The van der Waals surface area contributed by atoms with Gasteiger partial charge in [0.05, 0.1) is 13.0 Å². The van der Waals surface area contributed by atoms with Crippen molar-refractivity contribution in [2.75, 3.05) is 33.4 Å². The predicted molar refractivity (Wildman–Crippen MR) is 91.1 cm³/mol. The van der Waals surface area contributed by atoms with Gasteiger partial charge in [-0.2, -0.15) is 0 Å². The summed E-state index contributed by atoms with van der Waals surface area (Å²) < 4.78 is 31.7. The van der Waals surface area contributed by atoms with E-state index in [1.54, 1.807) is 12.0 Å². The van der Waals surface area contributed by atoms with Crippen LogP contribution in [0.15, 0.2) is 18.2 Å². The third-order valence-electron chi connectivity index (χ3n) is 5.40. The number of methoxy groups -OCH3 is 1. The van der Waals surface area contributed by atoms with E-state index in [9.17, 15) is 18.4 Å². The lowest BCUT2D eigenvalue weighted by molar-refractivity contribution is -0.134. The van der Waals surface area contributed by atoms with Crippen LogP contribution in [-0.2, 0) is 20.9 Å². The van der Waals surface area contributed by atoms with Gasteiger partial charge in [-0.1, -0.05) is 0 Å². The molecule has 0 bridgehead atoms. The third-order valence-corrected chi connectivity index (χ3v) is 5.40. The number of benzene rings is 1. The highest BCUT2D eigenvalue weighted by Crippen LogP contribution is 2.41. The SMILES string of the molecule is COCCC(=O)N1CCC2(CC1)CC(=O)N(Cc1cc(F)cc(F)c1)C2. The van der Waals surface area contributed by atoms with Crippen molar-refractivity contribution in [3.05, 3.63) is 35.4 Å². The second kappa shape index (κ2) is 7.70. The number of nitrogens with zero attached hydrogens (tertiary/aromatic N) is 2. The number of hydrogen-bond acceptors (Lipinski definition) is 3. The lowest BCUT2D eigenvalue weighted by Gasteiger charge is -2.38. The van der Waals surface area contributed by atoms with Crippen LogP contribution >= 0.6 is 0 Å². The standard InChI is InChI=1S/C19H24F2N2O3/c1-26-7-2-17(24)22-5-3-19(4-6-22)11-18(25)23(13-19)12-14-8-15(20)10-16(21)9-14/h8-10H,2-7,11-13H2,1H3. The molecule has 2 saturated heterocycles. The van der Waals surface area contributed by atoms with Gasteiger partial charge in [-0.05, 0) is 30.5 Å². The number of hydrogen-bond donors (Lipinski definition) is 0. The fraction of sp³-hybridized carbons (Fsp3) is 0.579. The number of carbonyl (C=O) groups is 2. The second-order valence-corrected chi connectivity index (χ2v) is 7.33. The molecule has 1 aromatic carbocycles. The Balaban J connectivity index is 1.58. The molecule has 1 aromatic rings. The molecule has 5 nitrogen and oxygen atoms in total. The summed E-state index contributed by atoms with van der Waals surface area (Å²) in [5.74, 6) is -1.18. The molecular formula is C19H24F2N2O3. The minimum Gasteiger partial charge on any atom is -0.384 e. The van der Waals surface area contributed by atoms with Gasteiger partial charge in [0.15, 0.2) is 0 Å². The molecule has 2 amide bonds. The summed E-state index contributed by atoms with van der Waals surface area (Å²) in [5.41, 5.74) is 0.320. The highest BCUT2D eigenvalue weighted by atomic mass is 19.1. The lowest BCUT2D eigenvalue weighted by Crippen LogP contribution is -2.44. The first-order valence-electron chi connectivity index (χ1n) is 8.90. The van der Waals surface area contributed by atoms with Crippen molar-refractivity contribution in [3.63, 3.8) is 0 Å². The molecule has 2 fully saturated rings. The minimum atomic E-state index is -0.635. The van der Waals surface area contributed by atoms with Gasteiger partial charge in [-0.25, -0.2) is 8.78 Å². The Bertz CT molecular complexity index is 667. The molecule has 3 rings (SSSR count). The summed E-state index contributed by atoms with van der Waals surface area (Å²) in [7, 11) is 1.57. The van der Waals surface area contributed by atoms with Gasteiger partial charge < -0.3 is 14.5 Å². The predicted octanol–water partition coefficient (Wildman–Crippen LogP) is 2.34. The average molecular weight is 366 g/mol. The number of halogens is 2. The highest BCUT2D eigenvalue weighted by Gasteiger charge is 2.45. The Morgan fingerprint density at radius 1 is 1.19 bits per heavy atom. The molecule has 2 heterocycles. The van der Waals surface area contributed by atoms with Crippen molar-refractivity contribution in [1.29, 1.82) is 0 Å². The van der Waals surface area contributed by atoms with Crippen molar-refractivity contribution >= 4 is 11.8 Å². The number of likely N-dealkylation sites (tertiary alicyclic amines) is 2. The zero-order chi connectivity index (χ0) is 18.7. The van der Waals surface area contributed by atoms with Gasteiger partial charge >= 0.3 is 0 Å². The van der Waals surface area contributed by atoms with E-state index < -0.39 is 11.6 Å². The molecule has 0 N–H and O–H groups in total. The summed E-state index contributed by atoms with van der Waals surface area (Å²) in [5, 5.41) is 0. The molecule has 2 aliphatic heterocycles. The van der Waals surface area contributed by atoms with Gasteiger partial charge in [0.25, 0.3) is 0 Å². The normalized spacial score (nSPS) is 19.4. The molecule has 142 valence electrons. The van der Waals surface area contributed by atoms with Crippen LogP contribution in [-0.4, -0.2) is 55.0 Å². The van der Waals surface area contributed by atoms with Gasteiger partial charge in [-0.15, -0.1) is 0 Å². The molecule has 0 unspecified atom stereocenters. The van der Waals surface area contributed by atoms with E-state index in [-0.39, 0.29) is 23.8 Å². The topological polar surface area (TPSA) is 49.9 Å². The van der Waals surface area contributed by atoms with Crippen molar-refractivity contribution in [2.24, 2.45) is 5.41 Å². The third kappa shape index (κ3) is 4.20. The first-order valence-corrected chi connectivity index (χ1v) is 8.90. The van der Waals surface area contributed by atoms with E-state index in [4.69, 9.17) is 4.74 Å². The molecule has 0 aromatic heterocycles. The van der Waals surface area contributed by atoms with E-state index in [0.717, 1.165) is 18.9 Å². The summed E-state index contributed by atoms with van der Waals surface area (Å²) in [6.07, 6.45) is 2.35. The Morgan fingerprint density at radius 2 is 1.85 bits per heavy atom. The van der Waals surface area contributed by atoms with Crippen LogP contribution in [0.5, 0.6) is 0 Å². The monoisotopic (exact) mass is 366 g/mol. The summed E-state index contributed by atoms with van der Waals surface area (Å²) in [6.45, 7) is 2.48. The minimum absolute atomic E-state index is 0.00817. The zero-order valence-corrected chi connectivity index (χ0v) is 15.0. The average Bonchev–Trinajstić information content (AvgIpc) is 2.87. The first kappa shape index (κ1) is 18.8. The van der Waals surface area contributed by atoms with Crippen molar-refractivity contribution in [2.45, 2.75) is 32.2 Å². The smallest absolute Gasteiger partial charge is 0.224 e. The van der Waals surface area contributed by atoms with Crippen LogP contribution in [0.25, 0.3) is 0 Å². The van der Waals surface area contributed by atoms with E-state index in [1.165, 1.54) is 12.1 Å². The van der Waals surface area contributed by atoms with E-state index in [0.29, 0.717) is 44.6 Å². The zero-order valence-electron chi connectivity index (χ0n) is 15.0. The number of piperidine rings is 1. The highest BCUT2D eigenvalue weighted by molar-refractivity contribution is 5.80. The maximum Gasteiger partial charge on any atom is 0.224 e. The van der Waals surface area contributed by atoms with Crippen molar-refractivity contribution in [1.82, 2.24) is 9.80 Å². The molecular weight excluding hydrogens is 342 g/mol. The number of amides is 2. The Labute approximate surface area is 151 Å². The van der Waals surface area contributed by atoms with E-state index in [1.807, 2.05) is 4.90 Å². The van der Waals surface area contributed by atoms with Gasteiger partial charge in [0.2, 0.25) is 11.8 Å². The largest absolute Gasteiger partial charge is 0.384 e. The first-order chi connectivity index (χ1) is 12.4.